The SMILES string of the molecule is Cn1ccnc1C1C[C@H]2CC[C@@H](C1)N2C(=O)C(=O)Nc1cnsn1. The largest absolute Gasteiger partial charge is 0.338 e. The first-order valence-corrected chi connectivity index (χ1v) is 8.75. The Hall–Kier alpha value is -2.29. The molecule has 2 aliphatic heterocycles. The molecule has 2 bridgehead atoms. The fraction of sp³-hybridized carbons (Fsp3) is 0.533. The molecule has 0 aliphatic carbocycles. The summed E-state index contributed by atoms with van der Waals surface area (Å²) in [5.41, 5.74) is 0. The average molecular weight is 346 g/mol. The van der Waals surface area contributed by atoms with Gasteiger partial charge in [0.15, 0.2) is 5.82 Å². The van der Waals surface area contributed by atoms with Crippen LogP contribution < -0.4 is 5.32 Å². The van der Waals surface area contributed by atoms with Crippen LogP contribution in [0.5, 0.6) is 0 Å². The first-order chi connectivity index (χ1) is 11.6. The maximum atomic E-state index is 12.6. The van der Waals surface area contributed by atoms with Gasteiger partial charge in [0.05, 0.1) is 17.9 Å². The van der Waals surface area contributed by atoms with Gasteiger partial charge in [-0.3, -0.25) is 9.59 Å². The second kappa shape index (κ2) is 5.97. The lowest BCUT2D eigenvalue weighted by atomic mass is 9.89. The number of piperidine rings is 1. The number of aromatic nitrogens is 4. The second-order valence-electron chi connectivity index (χ2n) is 6.41. The van der Waals surface area contributed by atoms with Crippen molar-refractivity contribution in [1.29, 1.82) is 0 Å². The number of rotatable bonds is 2. The Morgan fingerprint density at radius 2 is 2.04 bits per heavy atom. The number of hydrogen-bond acceptors (Lipinski definition) is 6. The van der Waals surface area contributed by atoms with Crippen LogP contribution in [0.4, 0.5) is 5.82 Å². The quantitative estimate of drug-likeness (QED) is 0.823. The van der Waals surface area contributed by atoms with Gasteiger partial charge in [0.1, 0.15) is 5.82 Å². The van der Waals surface area contributed by atoms with E-state index < -0.39 is 11.8 Å². The monoisotopic (exact) mass is 346 g/mol. The molecule has 2 aromatic heterocycles. The number of aryl methyl sites for hydroxylation is 1. The molecule has 2 amide bonds. The van der Waals surface area contributed by atoms with E-state index in [1.807, 2.05) is 24.0 Å². The first-order valence-electron chi connectivity index (χ1n) is 8.02. The number of carbonyl (C=O) groups excluding carboxylic acids is 2. The Balaban J connectivity index is 1.47. The zero-order valence-corrected chi connectivity index (χ0v) is 14.1. The van der Waals surface area contributed by atoms with E-state index in [1.54, 1.807) is 4.90 Å². The highest BCUT2D eigenvalue weighted by Gasteiger charge is 2.46. The number of anilines is 1. The Morgan fingerprint density at radius 3 is 2.62 bits per heavy atom. The minimum atomic E-state index is -0.630. The van der Waals surface area contributed by atoms with Crippen LogP contribution in [0.2, 0.25) is 0 Å². The highest BCUT2D eigenvalue weighted by molar-refractivity contribution is 6.99. The maximum absolute atomic E-state index is 12.6. The van der Waals surface area contributed by atoms with E-state index in [0.29, 0.717) is 11.7 Å². The van der Waals surface area contributed by atoms with Gasteiger partial charge in [-0.05, 0) is 25.7 Å². The summed E-state index contributed by atoms with van der Waals surface area (Å²) in [5, 5.41) is 2.53. The summed E-state index contributed by atoms with van der Waals surface area (Å²) >= 11 is 0.994. The molecule has 1 unspecified atom stereocenters. The predicted octanol–water partition coefficient (Wildman–Crippen LogP) is 1.15. The van der Waals surface area contributed by atoms with Gasteiger partial charge in [-0.2, -0.15) is 8.75 Å². The van der Waals surface area contributed by atoms with Crippen molar-refractivity contribution in [3.8, 4) is 0 Å². The molecular formula is C15H18N6O2S. The van der Waals surface area contributed by atoms with Crippen molar-refractivity contribution in [2.24, 2.45) is 7.05 Å². The molecule has 0 radical (unpaired) electrons. The third-order valence-electron chi connectivity index (χ3n) is 4.99. The van der Waals surface area contributed by atoms with Crippen LogP contribution in [-0.4, -0.2) is 47.1 Å². The molecular weight excluding hydrogens is 328 g/mol. The lowest BCUT2D eigenvalue weighted by Gasteiger charge is -2.38. The number of amides is 2. The van der Waals surface area contributed by atoms with Crippen LogP contribution >= 0.6 is 11.7 Å². The van der Waals surface area contributed by atoms with Crippen LogP contribution in [0.1, 0.15) is 37.4 Å². The van der Waals surface area contributed by atoms with Gasteiger partial charge < -0.3 is 14.8 Å². The minimum Gasteiger partial charge on any atom is -0.338 e. The molecule has 4 rings (SSSR count). The molecule has 0 aromatic carbocycles. The summed E-state index contributed by atoms with van der Waals surface area (Å²) in [6.45, 7) is 0. The highest BCUT2D eigenvalue weighted by Crippen LogP contribution is 2.42. The Labute approximate surface area is 143 Å². The van der Waals surface area contributed by atoms with Crippen molar-refractivity contribution in [1.82, 2.24) is 23.2 Å². The number of imidazole rings is 1. The van der Waals surface area contributed by atoms with E-state index in [1.165, 1.54) is 6.20 Å². The Morgan fingerprint density at radius 1 is 1.29 bits per heavy atom. The average Bonchev–Trinajstić information content (AvgIpc) is 3.27. The van der Waals surface area contributed by atoms with Crippen molar-refractivity contribution in [3.05, 3.63) is 24.4 Å². The molecule has 1 N–H and O–H groups in total. The van der Waals surface area contributed by atoms with E-state index in [0.717, 1.165) is 43.2 Å². The molecule has 2 fully saturated rings. The topological polar surface area (TPSA) is 93.0 Å². The second-order valence-corrected chi connectivity index (χ2v) is 6.97. The first kappa shape index (κ1) is 15.3. The lowest BCUT2D eigenvalue weighted by Crippen LogP contribution is -2.50. The van der Waals surface area contributed by atoms with E-state index in [4.69, 9.17) is 0 Å². The number of hydrogen-bond donors (Lipinski definition) is 1. The van der Waals surface area contributed by atoms with Crippen molar-refractivity contribution < 1.29 is 9.59 Å². The van der Waals surface area contributed by atoms with Crippen LogP contribution in [0.3, 0.4) is 0 Å². The molecule has 0 saturated carbocycles. The Kier molecular flexibility index (Phi) is 3.79. The Bertz CT molecular complexity index is 744. The van der Waals surface area contributed by atoms with Gasteiger partial charge in [-0.1, -0.05) is 0 Å². The third-order valence-corrected chi connectivity index (χ3v) is 5.47. The van der Waals surface area contributed by atoms with Gasteiger partial charge in [0.2, 0.25) is 0 Å². The van der Waals surface area contributed by atoms with E-state index in [-0.39, 0.29) is 12.1 Å². The van der Waals surface area contributed by atoms with Gasteiger partial charge in [0.25, 0.3) is 0 Å². The van der Waals surface area contributed by atoms with Crippen LogP contribution in [0, 0.1) is 0 Å². The minimum absolute atomic E-state index is 0.109. The smallest absolute Gasteiger partial charge is 0.315 e. The molecule has 0 spiro atoms. The van der Waals surface area contributed by atoms with Crippen molar-refractivity contribution >= 4 is 29.4 Å². The zero-order chi connectivity index (χ0) is 16.7. The number of nitrogens with zero attached hydrogens (tertiary/aromatic N) is 5. The molecule has 9 heteroatoms. The van der Waals surface area contributed by atoms with Gasteiger partial charge in [0, 0.05) is 37.4 Å². The van der Waals surface area contributed by atoms with Gasteiger partial charge in [-0.15, -0.1) is 0 Å². The molecule has 4 heterocycles. The van der Waals surface area contributed by atoms with E-state index >= 15 is 0 Å². The maximum Gasteiger partial charge on any atom is 0.315 e. The molecule has 8 nitrogen and oxygen atoms in total. The molecule has 126 valence electrons. The van der Waals surface area contributed by atoms with E-state index in [2.05, 4.69) is 19.0 Å². The molecule has 2 saturated heterocycles. The molecule has 2 aliphatic rings. The summed E-state index contributed by atoms with van der Waals surface area (Å²) in [6.07, 6.45) is 8.81. The normalized spacial score (nSPS) is 25.7. The fourth-order valence-electron chi connectivity index (χ4n) is 4.00. The van der Waals surface area contributed by atoms with Gasteiger partial charge >= 0.3 is 11.8 Å². The van der Waals surface area contributed by atoms with Crippen molar-refractivity contribution in [3.63, 3.8) is 0 Å². The third kappa shape index (κ3) is 2.58. The van der Waals surface area contributed by atoms with Crippen molar-refractivity contribution in [2.45, 2.75) is 43.7 Å². The summed E-state index contributed by atoms with van der Waals surface area (Å²) in [6, 6.07) is 0.217. The van der Waals surface area contributed by atoms with Gasteiger partial charge in [-0.25, -0.2) is 4.98 Å². The summed E-state index contributed by atoms with van der Waals surface area (Å²) < 4.78 is 9.77. The zero-order valence-electron chi connectivity index (χ0n) is 13.3. The standard InChI is InChI=1S/C15H18N6O2S/c1-20-5-4-16-13(20)9-6-10-2-3-11(7-9)21(10)15(23)14(22)18-12-8-17-24-19-12/h4-5,8-11H,2-3,6-7H2,1H3,(H,18,19,22)/t9?,10-,11+. The fourth-order valence-corrected chi connectivity index (χ4v) is 4.37. The van der Waals surface area contributed by atoms with E-state index in [9.17, 15) is 9.59 Å². The number of carbonyl (C=O) groups is 2. The summed E-state index contributed by atoms with van der Waals surface area (Å²) in [5.74, 6) is 0.645. The van der Waals surface area contributed by atoms with Crippen LogP contribution in [-0.2, 0) is 16.6 Å². The molecule has 3 atom stereocenters. The van der Waals surface area contributed by atoms with Crippen LogP contribution in [0.25, 0.3) is 0 Å². The number of nitrogens with one attached hydrogen (secondary N) is 1. The van der Waals surface area contributed by atoms with Crippen LogP contribution in [0.15, 0.2) is 18.6 Å². The summed E-state index contributed by atoms with van der Waals surface area (Å²) in [7, 11) is 2.00. The molecule has 2 aromatic rings. The predicted molar refractivity (Wildman–Crippen MR) is 87.4 cm³/mol. The van der Waals surface area contributed by atoms with Crippen molar-refractivity contribution in [2.75, 3.05) is 5.32 Å². The summed E-state index contributed by atoms with van der Waals surface area (Å²) in [4.78, 5) is 31.0. The highest BCUT2D eigenvalue weighted by atomic mass is 32.1. The molecule has 24 heavy (non-hydrogen) atoms. The number of fused-ring (bicyclic) bond motifs is 2. The lowest BCUT2D eigenvalue weighted by molar-refractivity contribution is -0.146.